The van der Waals surface area contributed by atoms with E-state index in [1.54, 1.807) is 0 Å². The first-order valence-electron chi connectivity index (χ1n) is 8.23. The van der Waals surface area contributed by atoms with Crippen LogP contribution in [-0.2, 0) is 6.54 Å². The number of benzene rings is 2. The van der Waals surface area contributed by atoms with Gasteiger partial charge < -0.3 is 9.15 Å². The summed E-state index contributed by atoms with van der Waals surface area (Å²) in [4.78, 5) is 2.28. The second kappa shape index (κ2) is 6.26. The summed E-state index contributed by atoms with van der Waals surface area (Å²) < 4.78 is 13.5. The van der Waals surface area contributed by atoms with Gasteiger partial charge in [-0.05, 0) is 37.6 Å². The minimum Gasteiger partial charge on any atom is -0.485 e. The zero-order chi connectivity index (χ0) is 16.7. The maximum absolute atomic E-state index is 6.48. The summed E-state index contributed by atoms with van der Waals surface area (Å²) in [5.74, 6) is 2.90. The van der Waals surface area contributed by atoms with Gasteiger partial charge in [0.1, 0.15) is 23.4 Å². The second-order valence-electron chi connectivity index (χ2n) is 6.46. The fourth-order valence-corrected chi connectivity index (χ4v) is 3.89. The molecule has 1 aromatic heterocycles. The third-order valence-corrected chi connectivity index (χ3v) is 5.29. The molecule has 1 atom stereocenters. The Hall–Kier alpha value is -1.78. The molecule has 124 valence electrons. The summed E-state index contributed by atoms with van der Waals surface area (Å²) in [6.45, 7) is 3.83. The molecule has 0 radical (unpaired) electrons. The SMILES string of the molecule is Cc1cc2c(o1)CN(C)CCC2Oc1ccc(Br)c2ccccc12. The van der Waals surface area contributed by atoms with Crippen LogP contribution in [-0.4, -0.2) is 18.5 Å². The summed E-state index contributed by atoms with van der Waals surface area (Å²) in [7, 11) is 2.12. The third kappa shape index (κ3) is 2.85. The van der Waals surface area contributed by atoms with Gasteiger partial charge in [0.25, 0.3) is 0 Å². The summed E-state index contributed by atoms with van der Waals surface area (Å²) in [5, 5.41) is 2.30. The Bertz CT molecular complexity index is 886. The Morgan fingerprint density at radius 1 is 1.17 bits per heavy atom. The molecule has 0 aliphatic carbocycles. The Morgan fingerprint density at radius 3 is 2.79 bits per heavy atom. The van der Waals surface area contributed by atoms with Crippen LogP contribution in [0.4, 0.5) is 0 Å². The van der Waals surface area contributed by atoms with Gasteiger partial charge in [-0.15, -0.1) is 0 Å². The first-order valence-corrected chi connectivity index (χ1v) is 9.03. The molecule has 4 rings (SSSR count). The Balaban J connectivity index is 1.74. The van der Waals surface area contributed by atoms with E-state index in [1.807, 2.05) is 13.0 Å². The zero-order valence-electron chi connectivity index (χ0n) is 13.9. The van der Waals surface area contributed by atoms with Crippen LogP contribution in [0.2, 0.25) is 0 Å². The summed E-state index contributed by atoms with van der Waals surface area (Å²) >= 11 is 3.63. The molecule has 1 unspecified atom stereocenters. The van der Waals surface area contributed by atoms with Crippen molar-refractivity contribution in [1.82, 2.24) is 4.90 Å². The monoisotopic (exact) mass is 385 g/mol. The number of halogens is 1. The van der Waals surface area contributed by atoms with Gasteiger partial charge in [-0.25, -0.2) is 0 Å². The molecular weight excluding hydrogens is 366 g/mol. The van der Waals surface area contributed by atoms with Crippen molar-refractivity contribution in [3.05, 3.63) is 64.0 Å². The molecule has 0 saturated heterocycles. The van der Waals surface area contributed by atoms with Gasteiger partial charge in [0.2, 0.25) is 0 Å². The number of ether oxygens (including phenoxy) is 1. The fraction of sp³-hybridized carbons (Fsp3) is 0.300. The summed E-state index contributed by atoms with van der Waals surface area (Å²) in [6.07, 6.45) is 0.972. The Kier molecular flexibility index (Phi) is 4.10. The lowest BCUT2D eigenvalue weighted by Gasteiger charge is -2.19. The predicted molar refractivity (Wildman–Crippen MR) is 99.4 cm³/mol. The first-order chi connectivity index (χ1) is 11.6. The second-order valence-corrected chi connectivity index (χ2v) is 7.31. The number of furan rings is 1. The molecule has 2 aromatic carbocycles. The van der Waals surface area contributed by atoms with E-state index in [-0.39, 0.29) is 6.10 Å². The molecule has 0 spiro atoms. The predicted octanol–water partition coefficient (Wildman–Crippen LogP) is 5.46. The number of nitrogens with zero attached hydrogens (tertiary/aromatic N) is 1. The van der Waals surface area contributed by atoms with Crippen molar-refractivity contribution in [2.45, 2.75) is 26.0 Å². The minimum absolute atomic E-state index is 0.0204. The molecule has 4 heteroatoms. The van der Waals surface area contributed by atoms with E-state index < -0.39 is 0 Å². The van der Waals surface area contributed by atoms with Crippen molar-refractivity contribution >= 4 is 26.7 Å². The smallest absolute Gasteiger partial charge is 0.128 e. The lowest BCUT2D eigenvalue weighted by atomic mass is 10.1. The van der Waals surface area contributed by atoms with Crippen LogP contribution in [0.15, 0.2) is 51.4 Å². The average molecular weight is 386 g/mol. The quantitative estimate of drug-likeness (QED) is 0.585. The molecule has 0 amide bonds. The van der Waals surface area contributed by atoms with Crippen LogP contribution in [0.5, 0.6) is 5.75 Å². The van der Waals surface area contributed by atoms with Crippen molar-refractivity contribution < 1.29 is 9.15 Å². The molecule has 0 saturated carbocycles. The van der Waals surface area contributed by atoms with E-state index in [0.717, 1.165) is 46.6 Å². The highest BCUT2D eigenvalue weighted by Crippen LogP contribution is 2.37. The van der Waals surface area contributed by atoms with Crippen molar-refractivity contribution in [1.29, 1.82) is 0 Å². The largest absolute Gasteiger partial charge is 0.485 e. The fourth-order valence-electron chi connectivity index (χ4n) is 3.41. The lowest BCUT2D eigenvalue weighted by Crippen LogP contribution is -2.18. The van der Waals surface area contributed by atoms with E-state index >= 15 is 0 Å². The standard InChI is InChI=1S/C20H20BrNO2/c1-13-11-16-19(9-10-22(2)12-20(16)23-13)24-18-8-7-17(21)14-5-3-4-6-15(14)18/h3-8,11,19H,9-10,12H2,1-2H3. The number of hydrogen-bond donors (Lipinski definition) is 0. The van der Waals surface area contributed by atoms with E-state index in [4.69, 9.17) is 9.15 Å². The number of fused-ring (bicyclic) bond motifs is 2. The third-order valence-electron chi connectivity index (χ3n) is 4.60. The lowest BCUT2D eigenvalue weighted by molar-refractivity contribution is 0.185. The molecular formula is C20H20BrNO2. The van der Waals surface area contributed by atoms with Crippen molar-refractivity contribution in [3.63, 3.8) is 0 Å². The van der Waals surface area contributed by atoms with Gasteiger partial charge in [0.05, 0.1) is 6.54 Å². The average Bonchev–Trinajstić information content (AvgIpc) is 2.87. The van der Waals surface area contributed by atoms with Gasteiger partial charge in [-0.3, -0.25) is 4.90 Å². The van der Waals surface area contributed by atoms with Crippen LogP contribution >= 0.6 is 15.9 Å². The Labute approximate surface area is 150 Å². The van der Waals surface area contributed by atoms with E-state index in [9.17, 15) is 0 Å². The van der Waals surface area contributed by atoms with Gasteiger partial charge in [0.15, 0.2) is 0 Å². The van der Waals surface area contributed by atoms with Crippen LogP contribution in [0.3, 0.4) is 0 Å². The van der Waals surface area contributed by atoms with Gasteiger partial charge in [-0.2, -0.15) is 0 Å². The molecule has 3 nitrogen and oxygen atoms in total. The first kappa shape index (κ1) is 15.7. The minimum atomic E-state index is 0.0204. The molecule has 3 aromatic rings. The highest BCUT2D eigenvalue weighted by atomic mass is 79.9. The zero-order valence-corrected chi connectivity index (χ0v) is 15.5. The number of aryl methyl sites for hydroxylation is 1. The molecule has 1 aliphatic rings. The molecule has 1 aliphatic heterocycles. The normalized spacial score (nSPS) is 18.4. The van der Waals surface area contributed by atoms with Crippen LogP contribution < -0.4 is 4.74 Å². The van der Waals surface area contributed by atoms with E-state index in [1.165, 1.54) is 10.9 Å². The highest BCUT2D eigenvalue weighted by Gasteiger charge is 2.26. The van der Waals surface area contributed by atoms with Gasteiger partial charge in [0, 0.05) is 28.4 Å². The topological polar surface area (TPSA) is 25.6 Å². The van der Waals surface area contributed by atoms with Gasteiger partial charge in [-0.1, -0.05) is 40.2 Å². The maximum Gasteiger partial charge on any atom is 0.128 e. The maximum atomic E-state index is 6.48. The summed E-state index contributed by atoms with van der Waals surface area (Å²) in [6, 6.07) is 14.6. The molecule has 0 fully saturated rings. The van der Waals surface area contributed by atoms with E-state index in [2.05, 4.69) is 64.3 Å². The van der Waals surface area contributed by atoms with Crippen molar-refractivity contribution in [2.24, 2.45) is 0 Å². The summed E-state index contributed by atoms with van der Waals surface area (Å²) in [5.41, 5.74) is 1.18. The van der Waals surface area contributed by atoms with Crippen LogP contribution in [0.25, 0.3) is 10.8 Å². The van der Waals surface area contributed by atoms with E-state index in [0.29, 0.717) is 0 Å². The molecule has 24 heavy (non-hydrogen) atoms. The Morgan fingerprint density at radius 2 is 1.96 bits per heavy atom. The van der Waals surface area contributed by atoms with Gasteiger partial charge >= 0.3 is 0 Å². The molecule has 2 heterocycles. The van der Waals surface area contributed by atoms with Crippen LogP contribution in [0, 0.1) is 6.92 Å². The van der Waals surface area contributed by atoms with Crippen molar-refractivity contribution in [3.8, 4) is 5.75 Å². The molecule has 0 N–H and O–H groups in total. The number of rotatable bonds is 2. The molecule has 0 bridgehead atoms. The highest BCUT2D eigenvalue weighted by molar-refractivity contribution is 9.10. The van der Waals surface area contributed by atoms with Crippen LogP contribution in [0.1, 0.15) is 29.6 Å². The number of hydrogen-bond acceptors (Lipinski definition) is 3. The van der Waals surface area contributed by atoms with Crippen molar-refractivity contribution in [2.75, 3.05) is 13.6 Å².